The lowest BCUT2D eigenvalue weighted by molar-refractivity contribution is 0.281. The summed E-state index contributed by atoms with van der Waals surface area (Å²) in [6, 6.07) is 8.30. The van der Waals surface area contributed by atoms with E-state index < -0.39 is 0 Å². The molecule has 0 amide bonds. The van der Waals surface area contributed by atoms with Crippen LogP contribution in [0.5, 0.6) is 5.75 Å². The second-order valence-electron chi connectivity index (χ2n) is 5.61. The van der Waals surface area contributed by atoms with Crippen molar-refractivity contribution < 1.29 is 4.74 Å². The summed E-state index contributed by atoms with van der Waals surface area (Å²) in [5, 5.41) is 3.58. The SMILES string of the molecule is COc1cccc(CNCC2CCC(C)CC2)c1. The Morgan fingerprint density at radius 2 is 2.00 bits per heavy atom. The van der Waals surface area contributed by atoms with E-state index in [-0.39, 0.29) is 0 Å². The molecule has 0 aromatic heterocycles. The Balaban J connectivity index is 1.71. The molecular weight excluding hydrogens is 222 g/mol. The predicted octanol–water partition coefficient (Wildman–Crippen LogP) is 3.61. The van der Waals surface area contributed by atoms with Gasteiger partial charge in [-0.3, -0.25) is 0 Å². The standard InChI is InChI=1S/C16H25NO/c1-13-6-8-14(9-7-13)11-17-12-15-4-3-5-16(10-15)18-2/h3-5,10,13-14,17H,6-9,11-12H2,1-2H3. The smallest absolute Gasteiger partial charge is 0.119 e. The Labute approximate surface area is 111 Å². The van der Waals surface area contributed by atoms with Gasteiger partial charge in [0.25, 0.3) is 0 Å². The minimum atomic E-state index is 0.881. The van der Waals surface area contributed by atoms with E-state index >= 15 is 0 Å². The first kappa shape index (κ1) is 13.4. The van der Waals surface area contributed by atoms with Gasteiger partial charge in [-0.15, -0.1) is 0 Å². The molecule has 1 aliphatic carbocycles. The van der Waals surface area contributed by atoms with Gasteiger partial charge < -0.3 is 10.1 Å². The molecule has 1 fully saturated rings. The van der Waals surface area contributed by atoms with Gasteiger partial charge in [-0.1, -0.05) is 31.9 Å². The van der Waals surface area contributed by atoms with Crippen LogP contribution in [0.1, 0.15) is 38.2 Å². The zero-order valence-electron chi connectivity index (χ0n) is 11.6. The lowest BCUT2D eigenvalue weighted by Crippen LogP contribution is -2.25. The van der Waals surface area contributed by atoms with Crippen LogP contribution in [0, 0.1) is 11.8 Å². The van der Waals surface area contributed by atoms with Crippen LogP contribution in [0.2, 0.25) is 0 Å². The number of nitrogens with one attached hydrogen (secondary N) is 1. The Bertz CT molecular complexity index is 356. The zero-order valence-corrected chi connectivity index (χ0v) is 11.6. The van der Waals surface area contributed by atoms with Crippen LogP contribution >= 0.6 is 0 Å². The Kier molecular flexibility index (Phi) is 5.06. The van der Waals surface area contributed by atoms with Crippen LogP contribution in [-0.2, 0) is 6.54 Å². The van der Waals surface area contributed by atoms with Gasteiger partial charge >= 0.3 is 0 Å². The average molecular weight is 247 g/mol. The van der Waals surface area contributed by atoms with Crippen LogP contribution in [-0.4, -0.2) is 13.7 Å². The number of hydrogen-bond donors (Lipinski definition) is 1. The van der Waals surface area contributed by atoms with Crippen molar-refractivity contribution in [2.24, 2.45) is 11.8 Å². The van der Waals surface area contributed by atoms with E-state index in [1.54, 1.807) is 7.11 Å². The molecular formula is C16H25NO. The van der Waals surface area contributed by atoms with Crippen molar-refractivity contribution in [3.05, 3.63) is 29.8 Å². The van der Waals surface area contributed by atoms with Crippen molar-refractivity contribution in [3.8, 4) is 5.75 Å². The van der Waals surface area contributed by atoms with Crippen LogP contribution < -0.4 is 10.1 Å². The highest BCUT2D eigenvalue weighted by atomic mass is 16.5. The first-order chi connectivity index (χ1) is 8.78. The average Bonchev–Trinajstić information content (AvgIpc) is 2.41. The predicted molar refractivity (Wildman–Crippen MR) is 75.8 cm³/mol. The fourth-order valence-electron chi connectivity index (χ4n) is 2.74. The number of benzene rings is 1. The Hall–Kier alpha value is -1.02. The molecule has 2 nitrogen and oxygen atoms in total. The lowest BCUT2D eigenvalue weighted by atomic mass is 9.83. The summed E-state index contributed by atoms with van der Waals surface area (Å²) in [7, 11) is 1.72. The third kappa shape index (κ3) is 4.02. The van der Waals surface area contributed by atoms with Gasteiger partial charge in [0.15, 0.2) is 0 Å². The molecule has 100 valence electrons. The molecule has 1 aliphatic rings. The summed E-state index contributed by atoms with van der Waals surface area (Å²) in [5.41, 5.74) is 1.30. The van der Waals surface area contributed by atoms with Gasteiger partial charge in [0.05, 0.1) is 7.11 Å². The summed E-state index contributed by atoms with van der Waals surface area (Å²) in [6.45, 7) is 4.48. The van der Waals surface area contributed by atoms with Crippen LogP contribution in [0.25, 0.3) is 0 Å². The maximum atomic E-state index is 5.24. The third-order valence-electron chi connectivity index (χ3n) is 4.03. The molecule has 1 aromatic rings. The molecule has 0 unspecified atom stereocenters. The monoisotopic (exact) mass is 247 g/mol. The van der Waals surface area contributed by atoms with Crippen LogP contribution in [0.4, 0.5) is 0 Å². The van der Waals surface area contributed by atoms with E-state index in [9.17, 15) is 0 Å². The maximum Gasteiger partial charge on any atom is 0.119 e. The second-order valence-corrected chi connectivity index (χ2v) is 5.61. The fraction of sp³-hybridized carbons (Fsp3) is 0.625. The van der Waals surface area contributed by atoms with Gasteiger partial charge in [-0.05, 0) is 48.9 Å². The molecule has 2 heteroatoms. The molecule has 1 aromatic carbocycles. The van der Waals surface area contributed by atoms with Crippen LogP contribution in [0.15, 0.2) is 24.3 Å². The zero-order chi connectivity index (χ0) is 12.8. The molecule has 1 N–H and O–H groups in total. The quantitative estimate of drug-likeness (QED) is 0.858. The number of rotatable bonds is 5. The molecule has 0 aliphatic heterocycles. The van der Waals surface area contributed by atoms with Crippen LogP contribution in [0.3, 0.4) is 0 Å². The highest BCUT2D eigenvalue weighted by Crippen LogP contribution is 2.27. The summed E-state index contributed by atoms with van der Waals surface area (Å²) in [6.07, 6.45) is 5.61. The molecule has 2 rings (SSSR count). The Morgan fingerprint density at radius 1 is 1.22 bits per heavy atom. The van der Waals surface area contributed by atoms with Gasteiger partial charge in [0.2, 0.25) is 0 Å². The van der Waals surface area contributed by atoms with Crippen molar-refractivity contribution >= 4 is 0 Å². The molecule has 0 saturated heterocycles. The molecule has 0 atom stereocenters. The lowest BCUT2D eigenvalue weighted by Gasteiger charge is -2.26. The normalized spacial score (nSPS) is 23.9. The molecule has 1 saturated carbocycles. The first-order valence-corrected chi connectivity index (χ1v) is 7.11. The highest BCUT2D eigenvalue weighted by molar-refractivity contribution is 5.28. The fourth-order valence-corrected chi connectivity index (χ4v) is 2.74. The maximum absolute atomic E-state index is 5.24. The van der Waals surface area contributed by atoms with E-state index in [4.69, 9.17) is 4.74 Å². The number of hydrogen-bond acceptors (Lipinski definition) is 2. The van der Waals surface area contributed by atoms with E-state index in [1.165, 1.54) is 31.2 Å². The van der Waals surface area contributed by atoms with Gasteiger partial charge in [0, 0.05) is 6.54 Å². The molecule has 0 spiro atoms. The minimum Gasteiger partial charge on any atom is -0.497 e. The van der Waals surface area contributed by atoms with Crippen molar-refractivity contribution in [2.75, 3.05) is 13.7 Å². The number of ether oxygens (including phenoxy) is 1. The van der Waals surface area contributed by atoms with E-state index in [1.807, 2.05) is 6.07 Å². The molecule has 0 bridgehead atoms. The van der Waals surface area contributed by atoms with Gasteiger partial charge in [0.1, 0.15) is 5.75 Å². The van der Waals surface area contributed by atoms with E-state index in [2.05, 4.69) is 30.4 Å². The number of methoxy groups -OCH3 is 1. The van der Waals surface area contributed by atoms with Crippen molar-refractivity contribution in [1.82, 2.24) is 5.32 Å². The van der Waals surface area contributed by atoms with Gasteiger partial charge in [-0.25, -0.2) is 0 Å². The van der Waals surface area contributed by atoms with Crippen molar-refractivity contribution in [2.45, 2.75) is 39.2 Å². The molecule has 0 radical (unpaired) electrons. The first-order valence-electron chi connectivity index (χ1n) is 7.11. The Morgan fingerprint density at radius 3 is 2.72 bits per heavy atom. The molecule has 0 heterocycles. The summed E-state index contributed by atoms with van der Waals surface area (Å²) < 4.78 is 5.24. The third-order valence-corrected chi connectivity index (χ3v) is 4.03. The van der Waals surface area contributed by atoms with Crippen molar-refractivity contribution in [3.63, 3.8) is 0 Å². The second kappa shape index (κ2) is 6.79. The van der Waals surface area contributed by atoms with E-state index in [0.717, 1.165) is 30.7 Å². The summed E-state index contributed by atoms with van der Waals surface area (Å²) in [4.78, 5) is 0. The summed E-state index contributed by atoms with van der Waals surface area (Å²) in [5.74, 6) is 2.77. The minimum absolute atomic E-state index is 0.881. The van der Waals surface area contributed by atoms with E-state index in [0.29, 0.717) is 0 Å². The topological polar surface area (TPSA) is 21.3 Å². The van der Waals surface area contributed by atoms with Crippen molar-refractivity contribution in [1.29, 1.82) is 0 Å². The summed E-state index contributed by atoms with van der Waals surface area (Å²) >= 11 is 0. The highest BCUT2D eigenvalue weighted by Gasteiger charge is 2.17. The largest absolute Gasteiger partial charge is 0.497 e. The van der Waals surface area contributed by atoms with Gasteiger partial charge in [-0.2, -0.15) is 0 Å². The molecule has 18 heavy (non-hydrogen) atoms.